The van der Waals surface area contributed by atoms with Crippen LogP contribution in [0.1, 0.15) is 34.1 Å². The molecule has 0 bridgehead atoms. The third-order valence-electron chi connectivity index (χ3n) is 5.65. The molecule has 0 fully saturated rings. The maximum atomic E-state index is 13.4. The minimum atomic E-state index is -0.855. The molecule has 0 radical (unpaired) electrons. The zero-order valence-electron chi connectivity index (χ0n) is 22.5. The van der Waals surface area contributed by atoms with Crippen molar-refractivity contribution in [1.29, 1.82) is 0 Å². The van der Waals surface area contributed by atoms with Gasteiger partial charge in [0.2, 0.25) is 12.3 Å². The van der Waals surface area contributed by atoms with E-state index in [9.17, 15) is 14.4 Å². The Morgan fingerprint density at radius 2 is 1.67 bits per heavy atom. The van der Waals surface area contributed by atoms with Crippen molar-refractivity contribution in [1.82, 2.24) is 14.7 Å². The van der Waals surface area contributed by atoms with E-state index in [1.165, 1.54) is 24.0 Å². The maximum Gasteiger partial charge on any atom is 0.325 e. The third-order valence-corrected chi connectivity index (χ3v) is 5.65. The van der Waals surface area contributed by atoms with E-state index in [4.69, 9.17) is 19.3 Å². The molecule has 1 aromatic heterocycles. The molecule has 198 valence electrons. The molecule has 2 amide bonds. The van der Waals surface area contributed by atoms with Gasteiger partial charge in [-0.2, -0.15) is 5.10 Å². The molecule has 36 heavy (non-hydrogen) atoms. The zero-order chi connectivity index (χ0) is 27.0. The molecular weight excluding hydrogens is 464 g/mol. The number of amides is 2. The quantitative estimate of drug-likeness (QED) is 0.306. The molecule has 1 atom stereocenters. The van der Waals surface area contributed by atoms with Crippen LogP contribution in [0.2, 0.25) is 0 Å². The van der Waals surface area contributed by atoms with Crippen LogP contribution in [0.4, 0.5) is 5.82 Å². The van der Waals surface area contributed by atoms with Gasteiger partial charge < -0.3 is 19.1 Å². The number of carbonyl (C=O) groups excluding carboxylic acids is 3. The Bertz CT molecular complexity index is 1030. The van der Waals surface area contributed by atoms with Crippen LogP contribution < -0.4 is 14.4 Å². The predicted octanol–water partition coefficient (Wildman–Crippen LogP) is 3.23. The average molecular weight is 503 g/mol. The lowest BCUT2D eigenvalue weighted by atomic mass is 10.0. The summed E-state index contributed by atoms with van der Waals surface area (Å²) in [5, 5.41) is 4.73. The number of methoxy groups -OCH3 is 3. The average Bonchev–Trinajstić information content (AvgIpc) is 3.24. The van der Waals surface area contributed by atoms with Gasteiger partial charge in [0, 0.05) is 19.7 Å². The summed E-state index contributed by atoms with van der Waals surface area (Å²) in [7, 11) is 5.93. The first-order valence-corrected chi connectivity index (χ1v) is 11.9. The number of benzene rings is 1. The number of carbonyl (C=O) groups is 3. The maximum absolute atomic E-state index is 13.4. The number of hydrogen-bond donors (Lipinski definition) is 0. The molecule has 0 unspecified atom stereocenters. The lowest BCUT2D eigenvalue weighted by molar-refractivity contribution is -0.146. The van der Waals surface area contributed by atoms with E-state index in [1.807, 2.05) is 32.0 Å². The van der Waals surface area contributed by atoms with Gasteiger partial charge in [0.05, 0.1) is 32.6 Å². The van der Waals surface area contributed by atoms with Crippen molar-refractivity contribution in [3.8, 4) is 22.8 Å². The van der Waals surface area contributed by atoms with Crippen LogP contribution in [0, 0.1) is 11.8 Å². The second-order valence-electron chi connectivity index (χ2n) is 9.43. The topological polar surface area (TPSA) is 103 Å². The Morgan fingerprint density at radius 1 is 1.06 bits per heavy atom. The number of anilines is 1. The normalized spacial score (nSPS) is 11.8. The summed E-state index contributed by atoms with van der Waals surface area (Å²) in [6.45, 7) is 8.40. The number of aromatic nitrogens is 2. The molecule has 10 heteroatoms. The molecule has 1 aromatic carbocycles. The second kappa shape index (κ2) is 12.9. The minimum absolute atomic E-state index is 0.0967. The highest BCUT2D eigenvalue weighted by Gasteiger charge is 2.33. The lowest BCUT2D eigenvalue weighted by Crippen LogP contribution is -2.49. The van der Waals surface area contributed by atoms with E-state index in [0.29, 0.717) is 47.9 Å². The van der Waals surface area contributed by atoms with Crippen molar-refractivity contribution < 1.29 is 28.6 Å². The Morgan fingerprint density at radius 3 is 2.14 bits per heavy atom. The molecule has 0 aliphatic rings. The molecule has 2 aromatic rings. The number of nitrogens with zero attached hydrogens (tertiary/aromatic N) is 4. The van der Waals surface area contributed by atoms with E-state index >= 15 is 0 Å². The summed E-state index contributed by atoms with van der Waals surface area (Å²) in [5.74, 6) is 0.932. The molecule has 0 aliphatic heterocycles. The van der Waals surface area contributed by atoms with Crippen molar-refractivity contribution in [3.63, 3.8) is 0 Å². The Labute approximate surface area is 213 Å². The highest BCUT2D eigenvalue weighted by atomic mass is 16.5. The fourth-order valence-electron chi connectivity index (χ4n) is 3.98. The van der Waals surface area contributed by atoms with Gasteiger partial charge in [0.1, 0.15) is 24.1 Å². The summed E-state index contributed by atoms with van der Waals surface area (Å²) in [6.07, 6.45) is 0.996. The second-order valence-corrected chi connectivity index (χ2v) is 9.43. The van der Waals surface area contributed by atoms with E-state index in [2.05, 4.69) is 13.8 Å². The minimum Gasteiger partial charge on any atom is -0.496 e. The number of esters is 1. The zero-order valence-corrected chi connectivity index (χ0v) is 22.5. The van der Waals surface area contributed by atoms with Crippen LogP contribution in [0.5, 0.6) is 11.5 Å². The molecule has 1 heterocycles. The van der Waals surface area contributed by atoms with Gasteiger partial charge in [0.15, 0.2) is 5.82 Å². The largest absolute Gasteiger partial charge is 0.496 e. The highest BCUT2D eigenvalue weighted by molar-refractivity contribution is 5.93. The smallest absolute Gasteiger partial charge is 0.325 e. The van der Waals surface area contributed by atoms with Gasteiger partial charge in [-0.3, -0.25) is 24.0 Å². The van der Waals surface area contributed by atoms with Crippen molar-refractivity contribution in [3.05, 3.63) is 24.3 Å². The number of hydrogen-bond acceptors (Lipinski definition) is 7. The summed E-state index contributed by atoms with van der Waals surface area (Å²) in [5.41, 5.74) is 1.39. The van der Waals surface area contributed by atoms with Crippen molar-refractivity contribution >= 4 is 24.1 Å². The van der Waals surface area contributed by atoms with E-state index in [1.54, 1.807) is 25.0 Å². The van der Waals surface area contributed by atoms with E-state index < -0.39 is 12.0 Å². The van der Waals surface area contributed by atoms with Gasteiger partial charge in [-0.05, 0) is 30.4 Å². The molecular formula is C26H38N4O6. The number of likely N-dealkylation sites (N-methyl/N-ethyl adjacent to an activating group) is 1. The number of rotatable bonds is 13. The molecule has 10 nitrogen and oxygen atoms in total. The molecule has 2 rings (SSSR count). The number of ether oxygens (including phenoxy) is 3. The van der Waals surface area contributed by atoms with Crippen molar-refractivity contribution in [2.24, 2.45) is 11.8 Å². The molecule has 0 N–H and O–H groups in total. The van der Waals surface area contributed by atoms with Crippen molar-refractivity contribution in [2.45, 2.75) is 46.7 Å². The fraction of sp³-hybridized carbons (Fsp3) is 0.538. The summed E-state index contributed by atoms with van der Waals surface area (Å²) in [4.78, 5) is 40.2. The monoisotopic (exact) mass is 502 g/mol. The van der Waals surface area contributed by atoms with E-state index in [-0.39, 0.29) is 24.3 Å². The van der Waals surface area contributed by atoms with E-state index in [0.717, 1.165) is 0 Å². The molecule has 0 saturated heterocycles. The van der Waals surface area contributed by atoms with Crippen molar-refractivity contribution in [2.75, 3.05) is 39.8 Å². The first-order chi connectivity index (χ1) is 17.1. The van der Waals surface area contributed by atoms with Gasteiger partial charge in [-0.25, -0.2) is 0 Å². The molecule has 0 spiro atoms. The summed E-state index contributed by atoms with van der Waals surface area (Å²) < 4.78 is 17.7. The van der Waals surface area contributed by atoms with Crippen LogP contribution in [0.3, 0.4) is 0 Å². The first kappa shape index (κ1) is 28.7. The van der Waals surface area contributed by atoms with Crippen LogP contribution in [-0.2, 0) is 25.7 Å². The fourth-order valence-corrected chi connectivity index (χ4v) is 3.98. The molecule has 0 saturated carbocycles. The Balaban J connectivity index is 2.64. The Hall–Kier alpha value is -3.56. The standard InChI is InChI=1S/C26H38N4O6/c1-17(2)12-20(26(33)28(5)15-24(32)36-8)29(16-31)23-13-19(30(27-23)14-18(3)4)25-21(34-6)10-9-11-22(25)35-7/h9-11,13,16-18,20H,12,14-15H2,1-8H3/t20-/m0/s1. The van der Waals surface area contributed by atoms with Crippen LogP contribution >= 0.6 is 0 Å². The van der Waals surface area contributed by atoms with Crippen LogP contribution in [0.15, 0.2) is 24.3 Å². The van der Waals surface area contributed by atoms with Gasteiger partial charge in [0.25, 0.3) is 0 Å². The van der Waals surface area contributed by atoms with Crippen LogP contribution in [-0.4, -0.2) is 73.9 Å². The van der Waals surface area contributed by atoms with Gasteiger partial charge in [-0.15, -0.1) is 0 Å². The Kier molecular flexibility index (Phi) is 10.3. The lowest BCUT2D eigenvalue weighted by Gasteiger charge is -2.30. The predicted molar refractivity (Wildman–Crippen MR) is 137 cm³/mol. The highest BCUT2D eigenvalue weighted by Crippen LogP contribution is 2.40. The SMILES string of the molecule is COC(=O)CN(C)C(=O)[C@H](CC(C)C)N(C=O)c1cc(-c2c(OC)cccc2OC)n(CC(C)C)n1. The summed E-state index contributed by atoms with van der Waals surface area (Å²) >= 11 is 0. The molecule has 0 aliphatic carbocycles. The third kappa shape index (κ3) is 6.77. The summed E-state index contributed by atoms with van der Waals surface area (Å²) in [6, 6.07) is 6.39. The van der Waals surface area contributed by atoms with Crippen LogP contribution in [0.25, 0.3) is 11.3 Å². The van der Waals surface area contributed by atoms with Gasteiger partial charge >= 0.3 is 5.97 Å². The first-order valence-electron chi connectivity index (χ1n) is 11.9. The van der Waals surface area contributed by atoms with Gasteiger partial charge in [-0.1, -0.05) is 33.8 Å².